The molecule has 5 heteroatoms. The van der Waals surface area contributed by atoms with Crippen LogP contribution in [-0.4, -0.2) is 0 Å². The number of benzene rings is 2. The normalized spacial score (nSPS) is 10.7. The minimum Gasteiger partial charge on any atom is -0.326 e. The molecule has 0 heterocycles. The molecule has 0 aliphatic heterocycles. The van der Waals surface area contributed by atoms with Gasteiger partial charge in [-0.25, -0.2) is 0 Å². The van der Waals surface area contributed by atoms with Crippen LogP contribution < -0.4 is 5.73 Å². The van der Waals surface area contributed by atoms with Crippen LogP contribution in [-0.2, 0) is 6.54 Å². The fourth-order valence-corrected chi connectivity index (χ4v) is 2.72. The average Bonchev–Trinajstić information content (AvgIpc) is 2.31. The lowest BCUT2D eigenvalue weighted by Gasteiger charge is -2.12. The van der Waals surface area contributed by atoms with E-state index in [1.807, 2.05) is 18.2 Å². The van der Waals surface area contributed by atoms with Crippen LogP contribution in [0.2, 0.25) is 20.1 Å². The van der Waals surface area contributed by atoms with E-state index >= 15 is 0 Å². The zero-order valence-electron chi connectivity index (χ0n) is 9.18. The lowest BCUT2D eigenvalue weighted by Crippen LogP contribution is -2.00. The highest BCUT2D eigenvalue weighted by molar-refractivity contribution is 6.42. The zero-order valence-corrected chi connectivity index (χ0v) is 12.2. The van der Waals surface area contributed by atoms with Crippen LogP contribution in [0.5, 0.6) is 0 Å². The summed E-state index contributed by atoms with van der Waals surface area (Å²) < 4.78 is 0. The van der Waals surface area contributed by atoms with Crippen LogP contribution in [0.25, 0.3) is 11.1 Å². The Hall–Kier alpha value is -0.440. The summed E-state index contributed by atoms with van der Waals surface area (Å²) in [6, 6.07) is 8.89. The van der Waals surface area contributed by atoms with E-state index in [-0.39, 0.29) is 0 Å². The van der Waals surface area contributed by atoms with Gasteiger partial charge in [0.15, 0.2) is 0 Å². The van der Waals surface area contributed by atoms with Crippen molar-refractivity contribution in [2.75, 3.05) is 0 Å². The fourth-order valence-electron chi connectivity index (χ4n) is 1.77. The van der Waals surface area contributed by atoms with Gasteiger partial charge in [0.05, 0.1) is 10.0 Å². The molecule has 0 saturated heterocycles. The van der Waals surface area contributed by atoms with Gasteiger partial charge in [-0.3, -0.25) is 0 Å². The van der Waals surface area contributed by atoms with E-state index in [0.29, 0.717) is 26.6 Å². The van der Waals surface area contributed by atoms with E-state index in [1.54, 1.807) is 12.1 Å². The standard InChI is InChI=1S/C13H9Cl4N/c14-8-3-7(4-9(15)5-8)10-1-2-12(16)13(17)11(10)6-18/h1-5H,6,18H2. The van der Waals surface area contributed by atoms with Gasteiger partial charge in [0, 0.05) is 16.6 Å². The Bertz CT molecular complexity index is 576. The first-order chi connectivity index (χ1) is 8.52. The highest BCUT2D eigenvalue weighted by atomic mass is 35.5. The second-order valence-corrected chi connectivity index (χ2v) is 5.41. The Kier molecular flexibility index (Phi) is 4.41. The van der Waals surface area contributed by atoms with Gasteiger partial charge in [-0.15, -0.1) is 0 Å². The predicted molar refractivity (Wildman–Crippen MR) is 79.8 cm³/mol. The molecular weight excluding hydrogens is 312 g/mol. The predicted octanol–water partition coefficient (Wildman–Crippen LogP) is 5.43. The van der Waals surface area contributed by atoms with Crippen molar-refractivity contribution in [1.82, 2.24) is 0 Å². The monoisotopic (exact) mass is 319 g/mol. The maximum Gasteiger partial charge on any atom is 0.0643 e. The molecule has 94 valence electrons. The fraction of sp³-hybridized carbons (Fsp3) is 0.0769. The lowest BCUT2D eigenvalue weighted by atomic mass is 9.99. The van der Waals surface area contributed by atoms with Crippen LogP contribution in [0.1, 0.15) is 5.56 Å². The number of hydrogen-bond donors (Lipinski definition) is 1. The summed E-state index contributed by atoms with van der Waals surface area (Å²) in [5.41, 5.74) is 8.26. The van der Waals surface area contributed by atoms with E-state index in [1.165, 1.54) is 0 Å². The first-order valence-corrected chi connectivity index (χ1v) is 6.67. The minimum atomic E-state index is 0.291. The maximum atomic E-state index is 6.15. The van der Waals surface area contributed by atoms with Gasteiger partial charge in [0.2, 0.25) is 0 Å². The van der Waals surface area contributed by atoms with Crippen molar-refractivity contribution >= 4 is 46.4 Å². The average molecular weight is 321 g/mol. The topological polar surface area (TPSA) is 26.0 Å². The first kappa shape index (κ1) is 14.0. The Labute approximate surface area is 125 Å². The smallest absolute Gasteiger partial charge is 0.0643 e. The molecule has 0 aliphatic carbocycles. The molecule has 0 aromatic heterocycles. The highest BCUT2D eigenvalue weighted by Gasteiger charge is 2.12. The van der Waals surface area contributed by atoms with Crippen LogP contribution >= 0.6 is 46.4 Å². The molecule has 0 bridgehead atoms. The van der Waals surface area contributed by atoms with Gasteiger partial charge in [-0.2, -0.15) is 0 Å². The van der Waals surface area contributed by atoms with Crippen molar-refractivity contribution in [2.45, 2.75) is 6.54 Å². The molecule has 2 aromatic carbocycles. The first-order valence-electron chi connectivity index (χ1n) is 5.16. The minimum absolute atomic E-state index is 0.291. The number of halogens is 4. The summed E-state index contributed by atoms with van der Waals surface area (Å²) >= 11 is 24.1. The van der Waals surface area contributed by atoms with Crippen LogP contribution in [0.4, 0.5) is 0 Å². The molecule has 1 nitrogen and oxygen atoms in total. The largest absolute Gasteiger partial charge is 0.326 e. The quantitative estimate of drug-likeness (QED) is 0.784. The number of nitrogens with two attached hydrogens (primary N) is 1. The molecule has 0 aliphatic rings. The van der Waals surface area contributed by atoms with E-state index in [4.69, 9.17) is 52.1 Å². The summed E-state index contributed by atoms with van der Waals surface area (Å²) in [6.45, 7) is 0.291. The van der Waals surface area contributed by atoms with Crippen molar-refractivity contribution in [3.63, 3.8) is 0 Å². The summed E-state index contributed by atoms with van der Waals surface area (Å²) in [6.07, 6.45) is 0. The molecule has 0 amide bonds. The summed E-state index contributed by atoms with van der Waals surface area (Å²) in [7, 11) is 0. The van der Waals surface area contributed by atoms with Gasteiger partial charge in [0.25, 0.3) is 0 Å². The molecule has 2 N–H and O–H groups in total. The summed E-state index contributed by atoms with van der Waals surface area (Å²) in [4.78, 5) is 0. The van der Waals surface area contributed by atoms with E-state index < -0.39 is 0 Å². The third-order valence-corrected chi connectivity index (χ3v) is 3.85. The second-order valence-electron chi connectivity index (χ2n) is 3.75. The van der Waals surface area contributed by atoms with Crippen LogP contribution in [0.15, 0.2) is 30.3 Å². The second kappa shape index (κ2) is 5.68. The molecular formula is C13H9Cl4N. The van der Waals surface area contributed by atoms with E-state index in [0.717, 1.165) is 16.7 Å². The Morgan fingerprint density at radius 1 is 0.889 bits per heavy atom. The van der Waals surface area contributed by atoms with Crippen molar-refractivity contribution in [3.05, 3.63) is 56.0 Å². The van der Waals surface area contributed by atoms with E-state index in [9.17, 15) is 0 Å². The molecule has 0 saturated carbocycles. The van der Waals surface area contributed by atoms with Crippen molar-refractivity contribution < 1.29 is 0 Å². The van der Waals surface area contributed by atoms with Gasteiger partial charge < -0.3 is 5.73 Å². The Morgan fingerprint density at radius 2 is 1.50 bits per heavy atom. The molecule has 0 spiro atoms. The molecule has 18 heavy (non-hydrogen) atoms. The lowest BCUT2D eigenvalue weighted by molar-refractivity contribution is 1.07. The van der Waals surface area contributed by atoms with Gasteiger partial charge in [-0.1, -0.05) is 52.5 Å². The van der Waals surface area contributed by atoms with Crippen molar-refractivity contribution in [2.24, 2.45) is 5.73 Å². The van der Waals surface area contributed by atoms with Crippen LogP contribution in [0.3, 0.4) is 0 Å². The number of rotatable bonds is 2. The molecule has 0 unspecified atom stereocenters. The maximum absolute atomic E-state index is 6.15. The molecule has 0 radical (unpaired) electrons. The molecule has 2 rings (SSSR count). The van der Waals surface area contributed by atoms with Gasteiger partial charge >= 0.3 is 0 Å². The van der Waals surface area contributed by atoms with Crippen molar-refractivity contribution in [1.29, 1.82) is 0 Å². The zero-order chi connectivity index (χ0) is 13.3. The summed E-state index contributed by atoms with van der Waals surface area (Å²) in [5.74, 6) is 0. The molecule has 0 fully saturated rings. The third-order valence-electron chi connectivity index (χ3n) is 2.57. The van der Waals surface area contributed by atoms with Gasteiger partial charge in [-0.05, 0) is 41.0 Å². The Balaban J connectivity index is 2.67. The number of hydrogen-bond acceptors (Lipinski definition) is 1. The van der Waals surface area contributed by atoms with Crippen LogP contribution in [0, 0.1) is 0 Å². The highest BCUT2D eigenvalue weighted by Crippen LogP contribution is 2.36. The van der Waals surface area contributed by atoms with E-state index in [2.05, 4.69) is 0 Å². The van der Waals surface area contributed by atoms with Crippen molar-refractivity contribution in [3.8, 4) is 11.1 Å². The molecule has 0 atom stereocenters. The van der Waals surface area contributed by atoms with Gasteiger partial charge in [0.1, 0.15) is 0 Å². The molecule has 2 aromatic rings. The summed E-state index contributed by atoms with van der Waals surface area (Å²) in [5, 5.41) is 2.07. The Morgan fingerprint density at radius 3 is 2.06 bits per heavy atom. The third kappa shape index (κ3) is 2.76. The SMILES string of the molecule is NCc1c(-c2cc(Cl)cc(Cl)c2)ccc(Cl)c1Cl.